The lowest BCUT2D eigenvalue weighted by atomic mass is 10.1. The number of rotatable bonds is 4. The number of nitrogens with one attached hydrogen (secondary N) is 1. The van der Waals surface area contributed by atoms with Gasteiger partial charge in [-0.05, 0) is 66.9 Å². The summed E-state index contributed by atoms with van der Waals surface area (Å²) in [4.78, 5) is 26.8. The van der Waals surface area contributed by atoms with Crippen molar-refractivity contribution in [3.05, 3.63) is 89.2 Å². The second-order valence-corrected chi connectivity index (χ2v) is 7.73. The Balaban J connectivity index is 1.66. The third-order valence-electron chi connectivity index (χ3n) is 5.49. The first-order valence-corrected chi connectivity index (χ1v) is 10.4. The van der Waals surface area contributed by atoms with Crippen LogP contribution < -0.4 is 11.1 Å². The van der Waals surface area contributed by atoms with Gasteiger partial charge in [-0.1, -0.05) is 18.2 Å². The highest BCUT2D eigenvalue weighted by Crippen LogP contribution is 2.29. The standard InChI is InChI=1S/C25H21N7O/c1-15-7-8-18(13-16(15)2)29-25(33)21-22-24(31-20-6-4-3-5-19(20)30-22)32(23(21)26)28-14-17-9-11-27-12-10-17/h3-14H,26H2,1-2H3,(H,29,33)/b28-14+. The maximum atomic E-state index is 13.3. The molecule has 5 rings (SSSR count). The molecule has 3 heterocycles. The Labute approximate surface area is 189 Å². The molecule has 8 nitrogen and oxygen atoms in total. The van der Waals surface area contributed by atoms with Crippen molar-refractivity contribution in [3.63, 3.8) is 0 Å². The van der Waals surface area contributed by atoms with E-state index in [1.165, 1.54) is 4.68 Å². The Morgan fingerprint density at radius 2 is 1.73 bits per heavy atom. The first-order valence-electron chi connectivity index (χ1n) is 10.4. The van der Waals surface area contributed by atoms with Gasteiger partial charge in [0.25, 0.3) is 5.91 Å². The lowest BCUT2D eigenvalue weighted by Gasteiger charge is -2.08. The first-order chi connectivity index (χ1) is 16.0. The number of aryl methyl sites for hydroxylation is 2. The van der Waals surface area contributed by atoms with Gasteiger partial charge in [-0.15, -0.1) is 0 Å². The molecule has 0 fully saturated rings. The molecule has 0 bridgehead atoms. The molecule has 33 heavy (non-hydrogen) atoms. The van der Waals surface area contributed by atoms with Crippen LogP contribution in [-0.4, -0.2) is 31.7 Å². The first kappa shape index (κ1) is 20.3. The van der Waals surface area contributed by atoms with Gasteiger partial charge in [0.15, 0.2) is 5.65 Å². The Kier molecular flexibility index (Phi) is 5.02. The number of nitrogens with two attached hydrogens (primary N) is 1. The molecule has 3 aromatic heterocycles. The van der Waals surface area contributed by atoms with Crippen LogP contribution in [0.2, 0.25) is 0 Å². The van der Waals surface area contributed by atoms with Crippen LogP contribution in [0.5, 0.6) is 0 Å². The molecule has 0 spiro atoms. The van der Waals surface area contributed by atoms with Crippen molar-refractivity contribution in [1.82, 2.24) is 19.6 Å². The minimum Gasteiger partial charge on any atom is -0.383 e. The third-order valence-corrected chi connectivity index (χ3v) is 5.49. The van der Waals surface area contributed by atoms with Crippen molar-refractivity contribution < 1.29 is 4.79 Å². The Morgan fingerprint density at radius 3 is 2.45 bits per heavy atom. The van der Waals surface area contributed by atoms with E-state index in [9.17, 15) is 4.79 Å². The third kappa shape index (κ3) is 3.78. The molecule has 5 aromatic rings. The van der Waals surface area contributed by atoms with Gasteiger partial charge in [-0.3, -0.25) is 9.78 Å². The quantitative estimate of drug-likeness (QED) is 0.409. The number of para-hydroxylation sites is 2. The molecular formula is C25H21N7O. The Morgan fingerprint density at radius 1 is 1.00 bits per heavy atom. The van der Waals surface area contributed by atoms with Crippen molar-refractivity contribution in [2.75, 3.05) is 11.1 Å². The number of nitrogen functional groups attached to an aromatic ring is 1. The van der Waals surface area contributed by atoms with E-state index in [2.05, 4.69) is 15.4 Å². The smallest absolute Gasteiger partial charge is 0.261 e. The molecule has 0 aliphatic heterocycles. The highest BCUT2D eigenvalue weighted by molar-refractivity contribution is 6.16. The van der Waals surface area contributed by atoms with Crippen molar-refractivity contribution in [2.45, 2.75) is 13.8 Å². The van der Waals surface area contributed by atoms with E-state index >= 15 is 0 Å². The average Bonchev–Trinajstić information content (AvgIpc) is 3.09. The highest BCUT2D eigenvalue weighted by atomic mass is 16.1. The van der Waals surface area contributed by atoms with Crippen LogP contribution in [-0.2, 0) is 0 Å². The van der Waals surface area contributed by atoms with Crippen molar-refractivity contribution >= 4 is 45.8 Å². The van der Waals surface area contributed by atoms with E-state index in [1.807, 2.05) is 68.4 Å². The second-order valence-electron chi connectivity index (χ2n) is 7.73. The summed E-state index contributed by atoms with van der Waals surface area (Å²) in [5, 5.41) is 7.44. The van der Waals surface area contributed by atoms with Gasteiger partial charge < -0.3 is 11.1 Å². The molecular weight excluding hydrogens is 414 g/mol. The predicted octanol–water partition coefficient (Wildman–Crippen LogP) is 4.31. The fraction of sp³-hybridized carbons (Fsp3) is 0.0800. The predicted molar refractivity (Wildman–Crippen MR) is 131 cm³/mol. The van der Waals surface area contributed by atoms with Gasteiger partial charge in [-0.2, -0.15) is 9.78 Å². The molecule has 0 aliphatic carbocycles. The van der Waals surface area contributed by atoms with Crippen LogP contribution in [0.3, 0.4) is 0 Å². The number of amides is 1. The number of benzene rings is 2. The van der Waals surface area contributed by atoms with Crippen LogP contribution in [0.4, 0.5) is 11.5 Å². The molecule has 8 heteroatoms. The molecule has 162 valence electrons. The minimum absolute atomic E-state index is 0.159. The number of anilines is 2. The zero-order valence-corrected chi connectivity index (χ0v) is 18.1. The van der Waals surface area contributed by atoms with E-state index in [4.69, 9.17) is 15.7 Å². The molecule has 0 aliphatic rings. The van der Waals surface area contributed by atoms with Crippen molar-refractivity contribution in [1.29, 1.82) is 0 Å². The van der Waals surface area contributed by atoms with E-state index in [-0.39, 0.29) is 17.3 Å². The van der Waals surface area contributed by atoms with E-state index < -0.39 is 0 Å². The SMILES string of the molecule is Cc1ccc(NC(=O)c2c(N)n(/N=C/c3ccncc3)c3nc4ccccc4nc23)cc1C. The molecule has 0 radical (unpaired) electrons. The van der Waals surface area contributed by atoms with Crippen LogP contribution in [0.15, 0.2) is 72.1 Å². The van der Waals surface area contributed by atoms with E-state index in [0.29, 0.717) is 27.9 Å². The number of hydrogen-bond donors (Lipinski definition) is 2. The fourth-order valence-electron chi connectivity index (χ4n) is 3.57. The Bertz CT molecular complexity index is 1540. The Hall–Kier alpha value is -4.59. The lowest BCUT2D eigenvalue weighted by molar-refractivity contribution is 0.102. The maximum absolute atomic E-state index is 13.3. The molecule has 0 saturated heterocycles. The molecule has 0 saturated carbocycles. The summed E-state index contributed by atoms with van der Waals surface area (Å²) in [6.45, 7) is 4.02. The van der Waals surface area contributed by atoms with Gasteiger partial charge in [0.2, 0.25) is 0 Å². The number of carbonyl (C=O) groups is 1. The fourth-order valence-corrected chi connectivity index (χ4v) is 3.57. The maximum Gasteiger partial charge on any atom is 0.261 e. The van der Waals surface area contributed by atoms with Gasteiger partial charge in [0, 0.05) is 18.1 Å². The summed E-state index contributed by atoms with van der Waals surface area (Å²) < 4.78 is 1.45. The van der Waals surface area contributed by atoms with Crippen molar-refractivity contribution in [2.24, 2.45) is 5.10 Å². The van der Waals surface area contributed by atoms with Crippen molar-refractivity contribution in [3.8, 4) is 0 Å². The monoisotopic (exact) mass is 435 g/mol. The summed E-state index contributed by atoms with van der Waals surface area (Å²) in [6, 6.07) is 16.8. The van der Waals surface area contributed by atoms with Crippen LogP contribution in [0.1, 0.15) is 27.0 Å². The summed E-state index contributed by atoms with van der Waals surface area (Å²) in [7, 11) is 0. The molecule has 3 N–H and O–H groups in total. The van der Waals surface area contributed by atoms with Gasteiger partial charge in [0.05, 0.1) is 17.2 Å². The molecule has 0 unspecified atom stereocenters. The van der Waals surface area contributed by atoms with E-state index in [0.717, 1.165) is 16.7 Å². The second kappa shape index (κ2) is 8.16. The zero-order valence-electron chi connectivity index (χ0n) is 18.1. The van der Waals surface area contributed by atoms with Gasteiger partial charge >= 0.3 is 0 Å². The zero-order chi connectivity index (χ0) is 22.9. The summed E-state index contributed by atoms with van der Waals surface area (Å²) in [5.41, 5.74) is 12.6. The number of hydrogen-bond acceptors (Lipinski definition) is 6. The summed E-state index contributed by atoms with van der Waals surface area (Å²) in [5.74, 6) is -0.213. The number of nitrogens with zero attached hydrogens (tertiary/aromatic N) is 5. The topological polar surface area (TPSA) is 111 Å². The normalized spacial score (nSPS) is 11.5. The largest absolute Gasteiger partial charge is 0.383 e. The molecule has 0 atom stereocenters. The van der Waals surface area contributed by atoms with E-state index in [1.54, 1.807) is 18.6 Å². The van der Waals surface area contributed by atoms with Gasteiger partial charge in [-0.25, -0.2) is 9.97 Å². The lowest BCUT2D eigenvalue weighted by Crippen LogP contribution is -2.14. The van der Waals surface area contributed by atoms with Gasteiger partial charge in [0.1, 0.15) is 16.9 Å². The molecule has 2 aromatic carbocycles. The summed E-state index contributed by atoms with van der Waals surface area (Å²) in [6.07, 6.45) is 4.99. The number of fused-ring (bicyclic) bond motifs is 2. The van der Waals surface area contributed by atoms with Crippen LogP contribution in [0.25, 0.3) is 22.2 Å². The number of pyridine rings is 1. The number of aromatic nitrogens is 4. The average molecular weight is 435 g/mol. The highest BCUT2D eigenvalue weighted by Gasteiger charge is 2.24. The van der Waals surface area contributed by atoms with Crippen LogP contribution >= 0.6 is 0 Å². The summed E-state index contributed by atoms with van der Waals surface area (Å²) >= 11 is 0. The number of carbonyl (C=O) groups excluding carboxylic acids is 1. The van der Waals surface area contributed by atoms with Crippen LogP contribution in [0, 0.1) is 13.8 Å². The molecule has 1 amide bonds. The minimum atomic E-state index is -0.372.